The lowest BCUT2D eigenvalue weighted by molar-refractivity contribution is -0.140. The highest BCUT2D eigenvalue weighted by Gasteiger charge is 2.59. The summed E-state index contributed by atoms with van der Waals surface area (Å²) < 4.78 is 5.12. The molecule has 1 amide bonds. The predicted octanol–water partition coefficient (Wildman–Crippen LogP) is 0.563. The van der Waals surface area contributed by atoms with Crippen LogP contribution in [0, 0.1) is 5.92 Å². The molecule has 22 heavy (non-hydrogen) atoms. The Morgan fingerprint density at radius 2 is 1.82 bits per heavy atom. The third kappa shape index (κ3) is 4.33. The Kier molecular flexibility index (Phi) is 5.23. The minimum absolute atomic E-state index is 0.110. The molecule has 0 aromatic rings. The lowest BCUT2D eigenvalue weighted by Gasteiger charge is -2.23. The molecule has 2 unspecified atom stereocenters. The molecule has 2 aliphatic rings. The number of carbonyl (C=O) groups excluding carboxylic acids is 1. The molecule has 0 saturated heterocycles. The maximum Gasteiger partial charge on any atom is 0.407 e. The molecule has 2 saturated carbocycles. The lowest BCUT2D eigenvalue weighted by atomic mass is 9.96. The first-order chi connectivity index (χ1) is 10.4. The second-order valence-corrected chi connectivity index (χ2v) is 6.05. The standard InChI is InChI=1S/C14H22N2O6/c17-11(18)7-15-14(6-10(14)12(19)20)8-22-13(21)16-9-4-2-1-3-5-9/h9-10,15H,1-8H2,(H,16,21)(H,17,18)(H,19,20). The number of carboxylic acid groups (broad SMARTS) is 2. The van der Waals surface area contributed by atoms with Gasteiger partial charge in [0.05, 0.1) is 18.0 Å². The molecule has 0 aliphatic heterocycles. The Morgan fingerprint density at radius 3 is 2.36 bits per heavy atom. The van der Waals surface area contributed by atoms with Crippen LogP contribution in [0.2, 0.25) is 0 Å². The van der Waals surface area contributed by atoms with Crippen molar-refractivity contribution in [2.45, 2.75) is 50.1 Å². The van der Waals surface area contributed by atoms with E-state index in [0.717, 1.165) is 25.7 Å². The summed E-state index contributed by atoms with van der Waals surface area (Å²) in [4.78, 5) is 33.4. The van der Waals surface area contributed by atoms with Crippen molar-refractivity contribution in [1.29, 1.82) is 0 Å². The summed E-state index contributed by atoms with van der Waals surface area (Å²) in [5.41, 5.74) is -0.964. The van der Waals surface area contributed by atoms with E-state index >= 15 is 0 Å². The van der Waals surface area contributed by atoms with Crippen molar-refractivity contribution in [3.05, 3.63) is 0 Å². The third-order valence-electron chi connectivity index (χ3n) is 4.35. The van der Waals surface area contributed by atoms with Crippen LogP contribution in [-0.4, -0.2) is 53.0 Å². The van der Waals surface area contributed by atoms with Gasteiger partial charge in [0.15, 0.2) is 0 Å². The van der Waals surface area contributed by atoms with Crippen molar-refractivity contribution in [2.75, 3.05) is 13.2 Å². The highest BCUT2D eigenvalue weighted by Crippen LogP contribution is 2.43. The predicted molar refractivity (Wildman–Crippen MR) is 75.5 cm³/mol. The van der Waals surface area contributed by atoms with Crippen LogP contribution >= 0.6 is 0 Å². The van der Waals surface area contributed by atoms with Crippen LogP contribution in [0.15, 0.2) is 0 Å². The zero-order valence-electron chi connectivity index (χ0n) is 12.3. The number of amides is 1. The van der Waals surface area contributed by atoms with Crippen LogP contribution in [0.25, 0.3) is 0 Å². The highest BCUT2D eigenvalue weighted by atomic mass is 16.5. The van der Waals surface area contributed by atoms with Crippen molar-refractivity contribution >= 4 is 18.0 Å². The highest BCUT2D eigenvalue weighted by molar-refractivity contribution is 5.77. The summed E-state index contributed by atoms with van der Waals surface area (Å²) in [5.74, 6) is -2.83. The maximum atomic E-state index is 11.8. The van der Waals surface area contributed by atoms with Gasteiger partial charge in [-0.25, -0.2) is 4.79 Å². The number of alkyl carbamates (subject to hydrolysis) is 1. The summed E-state index contributed by atoms with van der Waals surface area (Å²) in [5, 5.41) is 23.2. The number of nitrogens with one attached hydrogen (secondary N) is 2. The van der Waals surface area contributed by atoms with E-state index in [1.54, 1.807) is 0 Å². The van der Waals surface area contributed by atoms with Crippen LogP contribution in [-0.2, 0) is 14.3 Å². The van der Waals surface area contributed by atoms with Gasteiger partial charge in [-0.15, -0.1) is 0 Å². The zero-order chi connectivity index (χ0) is 16.2. The first-order valence-electron chi connectivity index (χ1n) is 7.56. The van der Waals surface area contributed by atoms with Crippen LogP contribution in [0.3, 0.4) is 0 Å². The molecule has 0 spiro atoms. The van der Waals surface area contributed by atoms with E-state index in [9.17, 15) is 14.4 Å². The van der Waals surface area contributed by atoms with E-state index in [1.807, 2.05) is 0 Å². The largest absolute Gasteiger partial charge is 0.481 e. The second-order valence-electron chi connectivity index (χ2n) is 6.05. The minimum Gasteiger partial charge on any atom is -0.481 e. The molecule has 4 N–H and O–H groups in total. The molecule has 0 radical (unpaired) electrons. The molecule has 2 aliphatic carbocycles. The average Bonchev–Trinajstić information content (AvgIpc) is 3.20. The van der Waals surface area contributed by atoms with Gasteiger partial charge < -0.3 is 20.3 Å². The summed E-state index contributed by atoms with van der Waals surface area (Å²) >= 11 is 0. The summed E-state index contributed by atoms with van der Waals surface area (Å²) in [7, 11) is 0. The quantitative estimate of drug-likeness (QED) is 0.541. The monoisotopic (exact) mass is 314 g/mol. The molecular weight excluding hydrogens is 292 g/mol. The number of rotatable bonds is 7. The number of carboxylic acids is 2. The number of hydrogen-bond donors (Lipinski definition) is 4. The Morgan fingerprint density at radius 1 is 1.14 bits per heavy atom. The number of carbonyl (C=O) groups is 3. The molecule has 2 fully saturated rings. The van der Waals surface area contributed by atoms with Gasteiger partial charge in [0, 0.05) is 6.04 Å². The first-order valence-corrected chi connectivity index (χ1v) is 7.56. The molecule has 2 atom stereocenters. The molecule has 8 nitrogen and oxygen atoms in total. The van der Waals surface area contributed by atoms with Crippen LogP contribution in [0.1, 0.15) is 38.5 Å². The fourth-order valence-electron chi connectivity index (χ4n) is 2.94. The van der Waals surface area contributed by atoms with E-state index in [2.05, 4.69) is 10.6 Å². The van der Waals surface area contributed by atoms with Gasteiger partial charge >= 0.3 is 18.0 Å². The Labute approximate surface area is 128 Å². The fraction of sp³-hybridized carbons (Fsp3) is 0.786. The molecular formula is C14H22N2O6. The Hall–Kier alpha value is -1.83. The van der Waals surface area contributed by atoms with Gasteiger partial charge in [-0.3, -0.25) is 14.9 Å². The van der Waals surface area contributed by atoms with Crippen molar-refractivity contribution in [2.24, 2.45) is 5.92 Å². The van der Waals surface area contributed by atoms with Gasteiger partial charge in [0.1, 0.15) is 6.61 Å². The number of aliphatic carboxylic acids is 2. The average molecular weight is 314 g/mol. The second kappa shape index (κ2) is 6.95. The minimum atomic E-state index is -1.08. The van der Waals surface area contributed by atoms with Gasteiger partial charge in [0.25, 0.3) is 0 Å². The smallest absolute Gasteiger partial charge is 0.407 e. The topological polar surface area (TPSA) is 125 Å². The molecule has 0 bridgehead atoms. The van der Waals surface area contributed by atoms with Gasteiger partial charge in [-0.2, -0.15) is 0 Å². The van der Waals surface area contributed by atoms with Crippen LogP contribution in [0.4, 0.5) is 4.79 Å². The van der Waals surface area contributed by atoms with E-state index in [0.29, 0.717) is 0 Å². The van der Waals surface area contributed by atoms with Crippen LogP contribution in [0.5, 0.6) is 0 Å². The summed E-state index contributed by atoms with van der Waals surface area (Å²) in [6.07, 6.45) is 4.87. The van der Waals surface area contributed by atoms with Crippen molar-refractivity contribution in [3.8, 4) is 0 Å². The molecule has 2 rings (SSSR count). The number of ether oxygens (including phenoxy) is 1. The van der Waals surface area contributed by atoms with E-state index < -0.39 is 29.5 Å². The molecule has 0 heterocycles. The van der Waals surface area contributed by atoms with Gasteiger partial charge in [-0.1, -0.05) is 19.3 Å². The van der Waals surface area contributed by atoms with E-state index in [1.165, 1.54) is 6.42 Å². The normalized spacial score (nSPS) is 27.9. The lowest BCUT2D eigenvalue weighted by Crippen LogP contribution is -2.45. The molecule has 0 aromatic heterocycles. The molecule has 0 aromatic carbocycles. The van der Waals surface area contributed by atoms with Crippen LogP contribution < -0.4 is 10.6 Å². The first kappa shape index (κ1) is 16.5. The maximum absolute atomic E-state index is 11.8. The van der Waals surface area contributed by atoms with Crippen molar-refractivity contribution in [1.82, 2.24) is 10.6 Å². The van der Waals surface area contributed by atoms with Crippen molar-refractivity contribution < 1.29 is 29.3 Å². The van der Waals surface area contributed by atoms with Gasteiger partial charge in [0.2, 0.25) is 0 Å². The Bertz CT molecular complexity index is 449. The summed E-state index contributed by atoms with van der Waals surface area (Å²) in [6.45, 7) is -0.507. The summed E-state index contributed by atoms with van der Waals surface area (Å²) in [6, 6.07) is 0.110. The van der Waals surface area contributed by atoms with Gasteiger partial charge in [-0.05, 0) is 19.3 Å². The van der Waals surface area contributed by atoms with E-state index in [-0.39, 0.29) is 25.6 Å². The number of hydrogen-bond acceptors (Lipinski definition) is 5. The third-order valence-corrected chi connectivity index (χ3v) is 4.35. The fourth-order valence-corrected chi connectivity index (χ4v) is 2.94. The Balaban J connectivity index is 1.79. The molecule has 8 heteroatoms. The van der Waals surface area contributed by atoms with Crippen molar-refractivity contribution in [3.63, 3.8) is 0 Å². The molecule has 124 valence electrons. The SMILES string of the molecule is O=C(O)CNC1(COC(=O)NC2CCCCC2)CC1C(=O)O. The van der Waals surface area contributed by atoms with E-state index in [4.69, 9.17) is 14.9 Å². The zero-order valence-corrected chi connectivity index (χ0v) is 12.3.